The largest absolute Gasteiger partial charge is 0.493 e. The molecule has 2 heterocycles. The molecule has 4 rings (SSSR count). The van der Waals surface area contributed by atoms with Gasteiger partial charge in [0.25, 0.3) is 0 Å². The average molecular weight is 374 g/mol. The SMILES string of the molecule is COc1cc(C(OC)n2ccc3cccnc32)ccc1OCc1ccccc1. The van der Waals surface area contributed by atoms with E-state index in [1.54, 1.807) is 20.4 Å². The van der Waals surface area contributed by atoms with E-state index in [1.165, 1.54) is 0 Å². The van der Waals surface area contributed by atoms with Crippen molar-refractivity contribution in [3.05, 3.63) is 90.3 Å². The van der Waals surface area contributed by atoms with Gasteiger partial charge in [0, 0.05) is 30.5 Å². The van der Waals surface area contributed by atoms with Crippen molar-refractivity contribution in [2.24, 2.45) is 0 Å². The van der Waals surface area contributed by atoms with Gasteiger partial charge in [-0.05, 0) is 35.9 Å². The van der Waals surface area contributed by atoms with Gasteiger partial charge in [0.2, 0.25) is 0 Å². The third-order valence-corrected chi connectivity index (χ3v) is 4.66. The van der Waals surface area contributed by atoms with Crippen LogP contribution in [0.15, 0.2) is 79.1 Å². The van der Waals surface area contributed by atoms with Gasteiger partial charge in [-0.2, -0.15) is 0 Å². The van der Waals surface area contributed by atoms with Crippen molar-refractivity contribution in [3.63, 3.8) is 0 Å². The number of ether oxygens (including phenoxy) is 3. The molecule has 0 saturated heterocycles. The molecule has 0 fully saturated rings. The van der Waals surface area contributed by atoms with E-state index in [9.17, 15) is 0 Å². The van der Waals surface area contributed by atoms with E-state index in [0.29, 0.717) is 18.1 Å². The number of methoxy groups -OCH3 is 2. The standard InChI is InChI=1S/C23H22N2O3/c1-26-21-15-19(10-11-20(21)28-16-17-7-4-3-5-8-17)23(27-2)25-14-12-18-9-6-13-24-22(18)25/h3-15,23H,16H2,1-2H3. The van der Waals surface area contributed by atoms with Gasteiger partial charge < -0.3 is 18.8 Å². The Morgan fingerprint density at radius 2 is 1.79 bits per heavy atom. The molecule has 5 nitrogen and oxygen atoms in total. The summed E-state index contributed by atoms with van der Waals surface area (Å²) in [6.45, 7) is 0.483. The molecule has 0 saturated carbocycles. The molecule has 0 radical (unpaired) electrons. The van der Waals surface area contributed by atoms with Crippen molar-refractivity contribution in [1.29, 1.82) is 0 Å². The molecule has 142 valence electrons. The summed E-state index contributed by atoms with van der Waals surface area (Å²) >= 11 is 0. The summed E-state index contributed by atoms with van der Waals surface area (Å²) in [7, 11) is 3.33. The van der Waals surface area contributed by atoms with E-state index < -0.39 is 0 Å². The summed E-state index contributed by atoms with van der Waals surface area (Å²) in [6.07, 6.45) is 3.45. The summed E-state index contributed by atoms with van der Waals surface area (Å²) < 4.78 is 19.3. The first kappa shape index (κ1) is 18.1. The van der Waals surface area contributed by atoms with E-state index in [2.05, 4.69) is 4.98 Å². The van der Waals surface area contributed by atoms with E-state index in [4.69, 9.17) is 14.2 Å². The van der Waals surface area contributed by atoms with Crippen LogP contribution >= 0.6 is 0 Å². The Bertz CT molecular complexity index is 1060. The summed E-state index contributed by atoms with van der Waals surface area (Å²) in [5.41, 5.74) is 2.93. The molecular weight excluding hydrogens is 352 g/mol. The maximum atomic E-state index is 5.96. The first-order valence-corrected chi connectivity index (χ1v) is 9.09. The number of fused-ring (bicyclic) bond motifs is 1. The van der Waals surface area contributed by atoms with Gasteiger partial charge >= 0.3 is 0 Å². The van der Waals surface area contributed by atoms with Crippen LogP contribution < -0.4 is 9.47 Å². The molecule has 0 aliphatic heterocycles. The predicted octanol–water partition coefficient (Wildman–Crippen LogP) is 4.82. The third kappa shape index (κ3) is 3.57. The molecule has 0 bridgehead atoms. The van der Waals surface area contributed by atoms with Crippen LogP contribution in [0, 0.1) is 0 Å². The zero-order valence-corrected chi connectivity index (χ0v) is 15.9. The number of nitrogens with zero attached hydrogens (tertiary/aromatic N) is 2. The Hall–Kier alpha value is -3.31. The maximum Gasteiger partial charge on any atom is 0.161 e. The zero-order valence-electron chi connectivity index (χ0n) is 15.9. The third-order valence-electron chi connectivity index (χ3n) is 4.66. The van der Waals surface area contributed by atoms with Crippen molar-refractivity contribution >= 4 is 11.0 Å². The Morgan fingerprint density at radius 1 is 0.929 bits per heavy atom. The van der Waals surface area contributed by atoms with E-state index in [-0.39, 0.29) is 6.23 Å². The van der Waals surface area contributed by atoms with Gasteiger partial charge in [-0.1, -0.05) is 36.4 Å². The number of aromatic nitrogens is 2. The number of pyridine rings is 1. The van der Waals surface area contributed by atoms with Gasteiger partial charge in [0.05, 0.1) is 7.11 Å². The Balaban J connectivity index is 1.62. The highest BCUT2D eigenvalue weighted by Crippen LogP contribution is 2.33. The predicted molar refractivity (Wildman–Crippen MR) is 109 cm³/mol. The molecule has 0 amide bonds. The second kappa shape index (κ2) is 8.15. The number of hydrogen-bond acceptors (Lipinski definition) is 4. The van der Waals surface area contributed by atoms with Gasteiger partial charge in [-0.25, -0.2) is 4.98 Å². The van der Waals surface area contributed by atoms with Gasteiger partial charge in [0.1, 0.15) is 12.3 Å². The fourth-order valence-electron chi connectivity index (χ4n) is 3.28. The molecule has 0 N–H and O–H groups in total. The summed E-state index contributed by atoms with van der Waals surface area (Å²) in [4.78, 5) is 4.49. The van der Waals surface area contributed by atoms with Crippen LogP contribution in [0.25, 0.3) is 11.0 Å². The molecule has 1 unspecified atom stereocenters. The number of hydrogen-bond donors (Lipinski definition) is 0. The fraction of sp³-hybridized carbons (Fsp3) is 0.174. The van der Waals surface area contributed by atoms with Crippen LogP contribution in [0.1, 0.15) is 17.4 Å². The number of benzene rings is 2. The molecule has 0 aliphatic carbocycles. The Kier molecular flexibility index (Phi) is 5.26. The maximum absolute atomic E-state index is 5.96. The van der Waals surface area contributed by atoms with Gasteiger partial charge in [0.15, 0.2) is 17.7 Å². The summed E-state index contributed by atoms with van der Waals surface area (Å²) in [5.74, 6) is 1.36. The quantitative estimate of drug-likeness (QED) is 0.465. The average Bonchev–Trinajstić information content (AvgIpc) is 3.18. The summed E-state index contributed by atoms with van der Waals surface area (Å²) in [5, 5.41) is 1.07. The fourth-order valence-corrected chi connectivity index (χ4v) is 3.28. The smallest absolute Gasteiger partial charge is 0.161 e. The van der Waals surface area contributed by atoms with Crippen LogP contribution in [0.4, 0.5) is 0 Å². The highest BCUT2D eigenvalue weighted by Gasteiger charge is 2.18. The molecule has 2 aromatic heterocycles. The van der Waals surface area contributed by atoms with Crippen molar-refractivity contribution in [1.82, 2.24) is 9.55 Å². The Morgan fingerprint density at radius 3 is 2.57 bits per heavy atom. The summed E-state index contributed by atoms with van der Waals surface area (Å²) in [6, 6.07) is 21.9. The highest BCUT2D eigenvalue weighted by molar-refractivity contribution is 5.76. The molecule has 0 aliphatic rings. The van der Waals surface area contributed by atoms with E-state index >= 15 is 0 Å². The lowest BCUT2D eigenvalue weighted by atomic mass is 10.1. The minimum Gasteiger partial charge on any atom is -0.493 e. The monoisotopic (exact) mass is 374 g/mol. The molecule has 2 aromatic carbocycles. The molecule has 5 heteroatoms. The minimum atomic E-state index is -0.315. The lowest BCUT2D eigenvalue weighted by Crippen LogP contribution is -2.12. The molecular formula is C23H22N2O3. The first-order valence-electron chi connectivity index (χ1n) is 9.09. The van der Waals surface area contributed by atoms with E-state index in [1.807, 2.05) is 77.5 Å². The Labute approximate surface area is 164 Å². The minimum absolute atomic E-state index is 0.315. The van der Waals surface area contributed by atoms with Gasteiger partial charge in [-0.3, -0.25) is 0 Å². The second-order valence-corrected chi connectivity index (χ2v) is 6.41. The van der Waals surface area contributed by atoms with Crippen LogP contribution in [-0.4, -0.2) is 23.8 Å². The van der Waals surface area contributed by atoms with Crippen LogP contribution in [0.5, 0.6) is 11.5 Å². The number of rotatable bonds is 7. The van der Waals surface area contributed by atoms with Crippen molar-refractivity contribution in [2.75, 3.05) is 14.2 Å². The second-order valence-electron chi connectivity index (χ2n) is 6.41. The van der Waals surface area contributed by atoms with Gasteiger partial charge in [-0.15, -0.1) is 0 Å². The molecule has 4 aromatic rings. The molecule has 28 heavy (non-hydrogen) atoms. The normalized spacial score (nSPS) is 12.1. The van der Waals surface area contributed by atoms with Crippen molar-refractivity contribution in [3.8, 4) is 11.5 Å². The zero-order chi connectivity index (χ0) is 19.3. The topological polar surface area (TPSA) is 45.5 Å². The van der Waals surface area contributed by atoms with Crippen LogP contribution in [0.2, 0.25) is 0 Å². The lowest BCUT2D eigenvalue weighted by Gasteiger charge is -2.20. The van der Waals surface area contributed by atoms with E-state index in [0.717, 1.165) is 22.2 Å². The first-order chi connectivity index (χ1) is 13.8. The van der Waals surface area contributed by atoms with Crippen molar-refractivity contribution in [2.45, 2.75) is 12.8 Å². The van der Waals surface area contributed by atoms with Crippen molar-refractivity contribution < 1.29 is 14.2 Å². The lowest BCUT2D eigenvalue weighted by molar-refractivity contribution is 0.0815. The highest BCUT2D eigenvalue weighted by atomic mass is 16.5. The van der Waals surface area contributed by atoms with Crippen LogP contribution in [0.3, 0.4) is 0 Å². The molecule has 0 spiro atoms. The molecule has 1 atom stereocenters. The van der Waals surface area contributed by atoms with Crippen LogP contribution in [-0.2, 0) is 11.3 Å².